The van der Waals surface area contributed by atoms with Crippen LogP contribution in [-0.2, 0) is 16.0 Å². The average molecular weight is 514 g/mol. The molecule has 5 heteroatoms. The van der Waals surface area contributed by atoms with E-state index in [-0.39, 0.29) is 36.4 Å². The number of hydrogen-bond acceptors (Lipinski definition) is 4. The van der Waals surface area contributed by atoms with Gasteiger partial charge in [0.25, 0.3) is 0 Å². The van der Waals surface area contributed by atoms with E-state index in [0.29, 0.717) is 12.0 Å². The predicted molar refractivity (Wildman–Crippen MR) is 152 cm³/mol. The molecule has 4 rings (SSSR count). The predicted octanol–water partition coefficient (Wildman–Crippen LogP) is 7.95. The van der Waals surface area contributed by atoms with Crippen molar-refractivity contribution >= 4 is 16.7 Å². The minimum Gasteiger partial charge on any atom is -0.497 e. The van der Waals surface area contributed by atoms with Crippen molar-refractivity contribution in [2.45, 2.75) is 58.7 Å². The first kappa shape index (κ1) is 27.3. The second-order valence-electron chi connectivity index (χ2n) is 10.0. The molecule has 1 N–H and O–H groups in total. The highest BCUT2D eigenvalue weighted by Crippen LogP contribution is 2.34. The van der Waals surface area contributed by atoms with Crippen LogP contribution in [-0.4, -0.2) is 19.2 Å². The van der Waals surface area contributed by atoms with Gasteiger partial charge in [0, 0.05) is 18.5 Å². The molecule has 0 amide bonds. The van der Waals surface area contributed by atoms with Crippen molar-refractivity contribution < 1.29 is 18.7 Å². The summed E-state index contributed by atoms with van der Waals surface area (Å²) in [5.41, 5.74) is 4.56. The number of benzene rings is 4. The maximum Gasteiger partial charge on any atom is 0.306 e. The summed E-state index contributed by atoms with van der Waals surface area (Å²) in [7, 11) is 1.67. The fourth-order valence-electron chi connectivity index (χ4n) is 4.78. The monoisotopic (exact) mass is 513 g/mol. The third-order valence-electron chi connectivity index (χ3n) is 6.81. The number of hydrogen-bond donors (Lipinski definition) is 1. The Hall–Kier alpha value is -3.70. The van der Waals surface area contributed by atoms with Gasteiger partial charge in [0.2, 0.25) is 0 Å². The minimum atomic E-state index is -0.313. The number of nitrogens with one attached hydrogen (secondary N) is 1. The summed E-state index contributed by atoms with van der Waals surface area (Å²) in [6.07, 6.45) is 0.286. The van der Waals surface area contributed by atoms with E-state index in [0.717, 1.165) is 38.8 Å². The molecule has 0 aliphatic heterocycles. The van der Waals surface area contributed by atoms with E-state index < -0.39 is 0 Å². The summed E-state index contributed by atoms with van der Waals surface area (Å²) in [6, 6.07) is 26.0. The molecule has 4 aromatic carbocycles. The first-order valence-electron chi connectivity index (χ1n) is 13.2. The first-order chi connectivity index (χ1) is 18.2. The lowest BCUT2D eigenvalue weighted by atomic mass is 9.92. The van der Waals surface area contributed by atoms with Crippen LogP contribution in [0.2, 0.25) is 0 Å². The lowest BCUT2D eigenvalue weighted by Gasteiger charge is -2.22. The molecule has 0 radical (unpaired) electrons. The smallest absolute Gasteiger partial charge is 0.306 e. The van der Waals surface area contributed by atoms with Gasteiger partial charge in [-0.3, -0.25) is 4.79 Å². The average Bonchev–Trinajstić information content (AvgIpc) is 2.91. The van der Waals surface area contributed by atoms with Crippen LogP contribution in [0.15, 0.2) is 78.9 Å². The zero-order valence-electron chi connectivity index (χ0n) is 22.8. The van der Waals surface area contributed by atoms with Crippen molar-refractivity contribution in [3.8, 4) is 16.9 Å². The Morgan fingerprint density at radius 1 is 0.868 bits per heavy atom. The maximum atomic E-state index is 15.2. The van der Waals surface area contributed by atoms with Gasteiger partial charge < -0.3 is 14.8 Å². The maximum absolute atomic E-state index is 15.2. The standard InChI is InChI=1S/C33H36FNO3/c1-21(2)38-33(36)16-15-24-13-14-27(20-32(24)34)31-19-28(17-26-9-6-7-12-30(26)31)23(4)35-22(3)25-10-8-11-29(18-25)37-5/h6-14,17-23,35H,15-16H2,1-5H3/t22-,23?/m1/s1. The van der Waals surface area contributed by atoms with Gasteiger partial charge in [-0.15, -0.1) is 0 Å². The Morgan fingerprint density at radius 3 is 2.37 bits per heavy atom. The van der Waals surface area contributed by atoms with Crippen LogP contribution in [0.5, 0.6) is 5.75 Å². The number of fused-ring (bicyclic) bond motifs is 1. The van der Waals surface area contributed by atoms with Crippen molar-refractivity contribution in [2.75, 3.05) is 7.11 Å². The molecule has 0 spiro atoms. The van der Waals surface area contributed by atoms with Crippen molar-refractivity contribution in [2.24, 2.45) is 0 Å². The van der Waals surface area contributed by atoms with E-state index in [1.54, 1.807) is 19.2 Å². The zero-order valence-corrected chi connectivity index (χ0v) is 22.8. The van der Waals surface area contributed by atoms with Crippen molar-refractivity contribution in [1.82, 2.24) is 5.32 Å². The van der Waals surface area contributed by atoms with Gasteiger partial charge in [-0.2, -0.15) is 0 Å². The molecule has 2 atom stereocenters. The normalized spacial score (nSPS) is 12.9. The molecule has 4 aromatic rings. The molecule has 0 saturated heterocycles. The molecule has 0 fully saturated rings. The van der Waals surface area contributed by atoms with Gasteiger partial charge in [0.15, 0.2) is 0 Å². The van der Waals surface area contributed by atoms with E-state index >= 15 is 4.39 Å². The number of ether oxygens (including phenoxy) is 2. The number of methoxy groups -OCH3 is 1. The number of rotatable bonds is 10. The van der Waals surface area contributed by atoms with E-state index in [2.05, 4.69) is 49.5 Å². The number of halogens is 1. The third-order valence-corrected chi connectivity index (χ3v) is 6.81. The van der Waals surface area contributed by atoms with E-state index in [1.807, 2.05) is 50.2 Å². The van der Waals surface area contributed by atoms with E-state index in [4.69, 9.17) is 9.47 Å². The number of esters is 1. The fraction of sp³-hybridized carbons (Fsp3) is 0.303. The largest absolute Gasteiger partial charge is 0.497 e. The Labute approximate surface area is 224 Å². The van der Waals surface area contributed by atoms with Crippen molar-refractivity contribution in [3.05, 3.63) is 101 Å². The molecule has 38 heavy (non-hydrogen) atoms. The lowest BCUT2D eigenvalue weighted by molar-refractivity contribution is -0.147. The lowest BCUT2D eigenvalue weighted by Crippen LogP contribution is -2.22. The van der Waals surface area contributed by atoms with Crippen LogP contribution in [0.1, 0.15) is 62.9 Å². The van der Waals surface area contributed by atoms with Gasteiger partial charge in [-0.1, -0.05) is 48.5 Å². The van der Waals surface area contributed by atoms with Crippen LogP contribution in [0.4, 0.5) is 4.39 Å². The summed E-state index contributed by atoms with van der Waals surface area (Å²) in [6.45, 7) is 7.89. The van der Waals surface area contributed by atoms with Crippen LogP contribution in [0.25, 0.3) is 21.9 Å². The molecule has 0 aliphatic carbocycles. The van der Waals surface area contributed by atoms with Gasteiger partial charge in [0.05, 0.1) is 13.2 Å². The van der Waals surface area contributed by atoms with Crippen LogP contribution in [0, 0.1) is 5.82 Å². The molecule has 4 nitrogen and oxygen atoms in total. The number of carbonyl (C=O) groups excluding carboxylic acids is 1. The second-order valence-corrected chi connectivity index (χ2v) is 10.0. The fourth-order valence-corrected chi connectivity index (χ4v) is 4.78. The molecular formula is C33H36FNO3. The van der Waals surface area contributed by atoms with Gasteiger partial charge in [-0.05, 0) is 103 Å². The summed E-state index contributed by atoms with van der Waals surface area (Å²) >= 11 is 0. The topological polar surface area (TPSA) is 47.6 Å². The Kier molecular flexibility index (Phi) is 8.80. The Balaban J connectivity index is 1.61. The molecule has 0 bridgehead atoms. The van der Waals surface area contributed by atoms with Gasteiger partial charge >= 0.3 is 5.97 Å². The van der Waals surface area contributed by atoms with Crippen LogP contribution >= 0.6 is 0 Å². The highest BCUT2D eigenvalue weighted by atomic mass is 19.1. The van der Waals surface area contributed by atoms with Crippen LogP contribution < -0.4 is 10.1 Å². The quantitative estimate of drug-likeness (QED) is 0.219. The summed E-state index contributed by atoms with van der Waals surface area (Å²) < 4.78 is 25.7. The highest BCUT2D eigenvalue weighted by Gasteiger charge is 2.16. The molecule has 0 heterocycles. The van der Waals surface area contributed by atoms with E-state index in [1.165, 1.54) is 0 Å². The van der Waals surface area contributed by atoms with Gasteiger partial charge in [-0.25, -0.2) is 4.39 Å². The second kappa shape index (κ2) is 12.2. The summed E-state index contributed by atoms with van der Waals surface area (Å²) in [5.74, 6) is 0.207. The molecule has 198 valence electrons. The van der Waals surface area contributed by atoms with E-state index in [9.17, 15) is 4.79 Å². The first-order valence-corrected chi connectivity index (χ1v) is 13.2. The molecule has 1 unspecified atom stereocenters. The molecule has 0 aromatic heterocycles. The Morgan fingerprint density at radius 2 is 1.63 bits per heavy atom. The Bertz CT molecular complexity index is 1410. The molecule has 0 aliphatic rings. The van der Waals surface area contributed by atoms with Gasteiger partial charge in [0.1, 0.15) is 11.6 Å². The SMILES string of the molecule is COc1cccc([C@@H](C)NC(C)c2cc(-c3ccc(CCC(=O)OC(C)C)c(F)c3)c3ccccc3c2)c1. The minimum absolute atomic E-state index is 0.0515. The van der Waals surface area contributed by atoms with Crippen molar-refractivity contribution in [3.63, 3.8) is 0 Å². The summed E-state index contributed by atoms with van der Waals surface area (Å²) in [4.78, 5) is 11.9. The zero-order chi connectivity index (χ0) is 27.2. The van der Waals surface area contributed by atoms with Crippen LogP contribution in [0.3, 0.4) is 0 Å². The molecular weight excluding hydrogens is 477 g/mol. The highest BCUT2D eigenvalue weighted by molar-refractivity contribution is 5.97. The third kappa shape index (κ3) is 6.59. The number of carbonyl (C=O) groups is 1. The molecule has 0 saturated carbocycles. The summed E-state index contributed by atoms with van der Waals surface area (Å²) in [5, 5.41) is 5.86. The van der Waals surface area contributed by atoms with Crippen molar-refractivity contribution in [1.29, 1.82) is 0 Å². The number of aryl methyl sites for hydroxylation is 1.